The number of nitrogens with zero attached hydrogens (tertiary/aromatic N) is 1. The van der Waals surface area contributed by atoms with Crippen molar-refractivity contribution in [3.05, 3.63) is 28.2 Å². The number of carbonyl (C=O) groups excluding carboxylic acids is 3. The lowest BCUT2D eigenvalue weighted by atomic mass is 9.98. The van der Waals surface area contributed by atoms with Crippen molar-refractivity contribution in [2.24, 2.45) is 5.92 Å². The first-order valence-electron chi connectivity index (χ1n) is 7.63. The van der Waals surface area contributed by atoms with Crippen LogP contribution in [0.3, 0.4) is 0 Å². The normalized spacial score (nSPS) is 17.3. The lowest BCUT2D eigenvalue weighted by Gasteiger charge is -2.31. The highest BCUT2D eigenvalue weighted by atomic mass is 35.5. The number of anilines is 1. The number of hydrogen-bond acceptors (Lipinski definition) is 4. The Hall–Kier alpha value is -1.79. The monoisotopic (exact) mass is 372 g/mol. The molecule has 0 aliphatic carbocycles. The van der Waals surface area contributed by atoms with Crippen molar-refractivity contribution in [3.63, 3.8) is 0 Å². The van der Waals surface area contributed by atoms with Crippen LogP contribution in [0.2, 0.25) is 10.0 Å². The number of hydrogen-bond donors (Lipinski definition) is 1. The molecular formula is C16H18Cl2N2O4. The smallest absolute Gasteiger partial charge is 0.313 e. The van der Waals surface area contributed by atoms with E-state index in [1.165, 1.54) is 23.1 Å². The summed E-state index contributed by atoms with van der Waals surface area (Å²) in [6.07, 6.45) is 1.29. The Labute approximate surface area is 150 Å². The van der Waals surface area contributed by atoms with Gasteiger partial charge < -0.3 is 15.0 Å². The van der Waals surface area contributed by atoms with Crippen LogP contribution in [0.25, 0.3) is 0 Å². The van der Waals surface area contributed by atoms with Crippen LogP contribution in [0.15, 0.2) is 18.2 Å². The molecular weight excluding hydrogens is 355 g/mol. The van der Waals surface area contributed by atoms with E-state index in [4.69, 9.17) is 27.9 Å². The van der Waals surface area contributed by atoms with Crippen LogP contribution in [0.5, 0.6) is 0 Å². The van der Waals surface area contributed by atoms with Crippen LogP contribution in [-0.4, -0.2) is 42.4 Å². The average molecular weight is 373 g/mol. The van der Waals surface area contributed by atoms with Crippen LogP contribution < -0.4 is 5.32 Å². The Morgan fingerprint density at radius 1 is 1.25 bits per heavy atom. The van der Waals surface area contributed by atoms with Gasteiger partial charge >= 0.3 is 17.8 Å². The van der Waals surface area contributed by atoms with Crippen molar-refractivity contribution < 1.29 is 19.1 Å². The third-order valence-electron chi connectivity index (χ3n) is 3.64. The number of nitrogens with one attached hydrogen (secondary N) is 1. The summed E-state index contributed by atoms with van der Waals surface area (Å²) < 4.78 is 4.99. The maximum atomic E-state index is 12.3. The van der Waals surface area contributed by atoms with E-state index >= 15 is 0 Å². The number of rotatable bonds is 3. The minimum Gasteiger partial charge on any atom is -0.466 e. The van der Waals surface area contributed by atoms with Gasteiger partial charge in [-0.2, -0.15) is 0 Å². The van der Waals surface area contributed by atoms with Crippen LogP contribution >= 0.6 is 23.2 Å². The summed E-state index contributed by atoms with van der Waals surface area (Å²) >= 11 is 11.7. The standard InChI is InChI=1S/C16H18Cl2N2O4/c1-2-24-16(23)10-4-3-5-20(9-10)15(22)14(21)19-13-7-11(17)6-12(18)8-13/h6-8,10H,2-5,9H2,1H3,(H,19,21). The Morgan fingerprint density at radius 3 is 2.54 bits per heavy atom. The zero-order valence-corrected chi connectivity index (χ0v) is 14.7. The lowest BCUT2D eigenvalue weighted by Crippen LogP contribution is -2.47. The van der Waals surface area contributed by atoms with E-state index in [1.807, 2.05) is 0 Å². The van der Waals surface area contributed by atoms with Crippen LogP contribution in [-0.2, 0) is 19.1 Å². The molecule has 1 aliphatic rings. The van der Waals surface area contributed by atoms with Gasteiger partial charge in [-0.15, -0.1) is 0 Å². The molecule has 2 amide bonds. The summed E-state index contributed by atoms with van der Waals surface area (Å²) in [5.74, 6) is -2.22. The number of ether oxygens (including phenoxy) is 1. The van der Waals surface area contributed by atoms with E-state index in [-0.39, 0.29) is 12.5 Å². The maximum Gasteiger partial charge on any atom is 0.313 e. The molecule has 1 N–H and O–H groups in total. The number of carbonyl (C=O) groups is 3. The molecule has 1 aliphatic heterocycles. The largest absolute Gasteiger partial charge is 0.466 e. The summed E-state index contributed by atoms with van der Waals surface area (Å²) in [6.45, 7) is 2.63. The van der Waals surface area contributed by atoms with E-state index < -0.39 is 17.7 Å². The third kappa shape index (κ3) is 4.85. The second-order valence-corrected chi connectivity index (χ2v) is 6.33. The van der Waals surface area contributed by atoms with Crippen molar-refractivity contribution in [2.75, 3.05) is 25.0 Å². The molecule has 1 aromatic rings. The predicted octanol–water partition coefficient (Wildman–Crippen LogP) is 2.73. The molecule has 24 heavy (non-hydrogen) atoms. The second kappa shape index (κ2) is 8.35. The molecule has 0 spiro atoms. The van der Waals surface area contributed by atoms with Gasteiger partial charge in [0, 0.05) is 28.8 Å². The van der Waals surface area contributed by atoms with Crippen LogP contribution in [0.1, 0.15) is 19.8 Å². The first kappa shape index (κ1) is 18.5. The number of benzene rings is 1. The molecule has 6 nitrogen and oxygen atoms in total. The van der Waals surface area contributed by atoms with Crippen molar-refractivity contribution in [1.82, 2.24) is 4.90 Å². The summed E-state index contributed by atoms with van der Waals surface area (Å²) in [5, 5.41) is 3.18. The molecule has 8 heteroatoms. The van der Waals surface area contributed by atoms with Gasteiger partial charge in [-0.1, -0.05) is 23.2 Å². The average Bonchev–Trinajstić information content (AvgIpc) is 2.53. The molecule has 1 unspecified atom stereocenters. The highest BCUT2D eigenvalue weighted by Gasteiger charge is 2.32. The fourth-order valence-electron chi connectivity index (χ4n) is 2.57. The van der Waals surface area contributed by atoms with Gasteiger partial charge in [0.2, 0.25) is 0 Å². The Balaban J connectivity index is 1.99. The van der Waals surface area contributed by atoms with Crippen molar-refractivity contribution in [3.8, 4) is 0 Å². The quantitative estimate of drug-likeness (QED) is 0.653. The fourth-order valence-corrected chi connectivity index (χ4v) is 3.09. The first-order chi connectivity index (χ1) is 11.4. The van der Waals surface area contributed by atoms with Crippen molar-refractivity contribution in [2.45, 2.75) is 19.8 Å². The maximum absolute atomic E-state index is 12.3. The van der Waals surface area contributed by atoms with Gasteiger partial charge in [0.15, 0.2) is 0 Å². The molecule has 1 saturated heterocycles. The van der Waals surface area contributed by atoms with Crippen molar-refractivity contribution >= 4 is 46.7 Å². The van der Waals surface area contributed by atoms with Gasteiger partial charge in [-0.05, 0) is 38.0 Å². The number of halogens is 2. The van der Waals surface area contributed by atoms with Gasteiger partial charge in [0.25, 0.3) is 0 Å². The highest BCUT2D eigenvalue weighted by Crippen LogP contribution is 2.23. The molecule has 0 bridgehead atoms. The summed E-state index contributed by atoms with van der Waals surface area (Å²) in [7, 11) is 0. The Bertz CT molecular complexity index is 631. The number of amides is 2. The van der Waals surface area contributed by atoms with Crippen molar-refractivity contribution in [1.29, 1.82) is 0 Å². The highest BCUT2D eigenvalue weighted by molar-refractivity contribution is 6.40. The molecule has 1 heterocycles. The predicted molar refractivity (Wildman–Crippen MR) is 91.0 cm³/mol. The summed E-state index contributed by atoms with van der Waals surface area (Å²) in [5.41, 5.74) is 0.338. The van der Waals surface area contributed by atoms with E-state index in [0.29, 0.717) is 41.7 Å². The van der Waals surface area contributed by atoms with Gasteiger partial charge in [-0.25, -0.2) is 0 Å². The fraction of sp³-hybridized carbons (Fsp3) is 0.438. The molecule has 0 aromatic heterocycles. The molecule has 1 fully saturated rings. The van der Waals surface area contributed by atoms with E-state index in [9.17, 15) is 14.4 Å². The Kier molecular flexibility index (Phi) is 6.45. The zero-order valence-electron chi connectivity index (χ0n) is 13.2. The number of likely N-dealkylation sites (tertiary alicyclic amines) is 1. The second-order valence-electron chi connectivity index (χ2n) is 5.45. The van der Waals surface area contributed by atoms with Gasteiger partial charge in [0.1, 0.15) is 0 Å². The first-order valence-corrected chi connectivity index (χ1v) is 8.39. The number of esters is 1. The molecule has 130 valence electrons. The molecule has 1 aromatic carbocycles. The third-order valence-corrected chi connectivity index (χ3v) is 4.08. The van der Waals surface area contributed by atoms with Crippen LogP contribution in [0.4, 0.5) is 5.69 Å². The minimum atomic E-state index is -0.794. The summed E-state index contributed by atoms with van der Waals surface area (Å²) in [4.78, 5) is 37.6. The molecule has 0 saturated carbocycles. The Morgan fingerprint density at radius 2 is 1.92 bits per heavy atom. The van der Waals surface area contributed by atoms with Crippen LogP contribution in [0, 0.1) is 5.92 Å². The topological polar surface area (TPSA) is 75.7 Å². The van der Waals surface area contributed by atoms with Gasteiger partial charge in [0.05, 0.1) is 12.5 Å². The molecule has 1 atom stereocenters. The van der Waals surface area contributed by atoms with Gasteiger partial charge in [-0.3, -0.25) is 14.4 Å². The summed E-state index contributed by atoms with van der Waals surface area (Å²) in [6, 6.07) is 4.52. The zero-order chi connectivity index (χ0) is 17.7. The molecule has 2 rings (SSSR count). The number of piperidine rings is 1. The molecule has 0 radical (unpaired) electrons. The minimum absolute atomic E-state index is 0.182. The SMILES string of the molecule is CCOC(=O)C1CCCN(C(=O)C(=O)Nc2cc(Cl)cc(Cl)c2)C1. The van der Waals surface area contributed by atoms with E-state index in [0.717, 1.165) is 0 Å². The van der Waals surface area contributed by atoms with E-state index in [2.05, 4.69) is 5.32 Å². The van der Waals surface area contributed by atoms with E-state index in [1.54, 1.807) is 6.92 Å². The lowest BCUT2D eigenvalue weighted by molar-refractivity contribution is -0.153.